The van der Waals surface area contributed by atoms with Crippen molar-refractivity contribution in [1.29, 1.82) is 0 Å². The first-order valence-electron chi connectivity index (χ1n) is 8.41. The number of nitrogens with zero attached hydrogens (tertiary/aromatic N) is 2. The molecule has 1 atom stereocenters. The summed E-state index contributed by atoms with van der Waals surface area (Å²) >= 11 is 0. The third-order valence-electron chi connectivity index (χ3n) is 4.54. The van der Waals surface area contributed by atoms with E-state index in [-0.39, 0.29) is 17.6 Å². The number of hydrogen-bond donors (Lipinski definition) is 0. The van der Waals surface area contributed by atoms with Crippen molar-refractivity contribution < 1.29 is 23.9 Å². The molecule has 1 aliphatic heterocycles. The topological polar surface area (TPSA) is 91.1 Å². The van der Waals surface area contributed by atoms with Gasteiger partial charge in [0.15, 0.2) is 11.5 Å². The summed E-state index contributed by atoms with van der Waals surface area (Å²) in [6.45, 7) is 2.63. The Hall–Kier alpha value is -3.29. The Labute approximate surface area is 156 Å². The second-order valence-corrected chi connectivity index (χ2v) is 6.15. The minimum Gasteiger partial charge on any atom is -0.493 e. The van der Waals surface area contributed by atoms with Crippen LogP contribution < -0.4 is 14.2 Å². The number of carbonyl (C=O) groups is 1. The van der Waals surface area contributed by atoms with E-state index in [9.17, 15) is 14.9 Å². The number of non-ortho nitro benzene ring substituents is 1. The Kier molecular flexibility index (Phi) is 5.16. The summed E-state index contributed by atoms with van der Waals surface area (Å²) in [4.78, 5) is 25.0. The maximum absolute atomic E-state index is 13.0. The lowest BCUT2D eigenvalue weighted by Crippen LogP contribution is -2.30. The van der Waals surface area contributed by atoms with Crippen LogP contribution in [0, 0.1) is 10.1 Å². The van der Waals surface area contributed by atoms with Gasteiger partial charge < -0.3 is 19.1 Å². The molecule has 3 rings (SSSR count). The number of nitro groups is 1. The molecule has 0 saturated heterocycles. The van der Waals surface area contributed by atoms with Gasteiger partial charge in [0, 0.05) is 24.7 Å². The molecule has 1 aliphatic rings. The maximum Gasteiger partial charge on any atom is 0.269 e. The van der Waals surface area contributed by atoms with E-state index in [2.05, 4.69) is 0 Å². The monoisotopic (exact) mass is 372 g/mol. The fourth-order valence-electron chi connectivity index (χ4n) is 2.90. The van der Waals surface area contributed by atoms with Crippen LogP contribution in [0.2, 0.25) is 0 Å². The summed E-state index contributed by atoms with van der Waals surface area (Å²) in [7, 11) is 3.15. The first-order chi connectivity index (χ1) is 12.9. The van der Waals surface area contributed by atoms with Crippen LogP contribution in [0.1, 0.15) is 28.9 Å². The van der Waals surface area contributed by atoms with Gasteiger partial charge in [-0.2, -0.15) is 0 Å². The number of rotatable bonds is 5. The molecule has 2 aromatic rings. The van der Waals surface area contributed by atoms with Gasteiger partial charge in [-0.3, -0.25) is 14.9 Å². The number of amides is 1. The van der Waals surface area contributed by atoms with Crippen molar-refractivity contribution in [2.24, 2.45) is 0 Å². The van der Waals surface area contributed by atoms with Crippen LogP contribution in [0.4, 0.5) is 5.69 Å². The molecule has 8 nitrogen and oxygen atoms in total. The second kappa shape index (κ2) is 7.53. The lowest BCUT2D eigenvalue weighted by atomic mass is 10.0. The highest BCUT2D eigenvalue weighted by molar-refractivity contribution is 5.95. The van der Waals surface area contributed by atoms with Crippen molar-refractivity contribution in [2.45, 2.75) is 13.0 Å². The van der Waals surface area contributed by atoms with Crippen LogP contribution in [0.25, 0.3) is 0 Å². The van der Waals surface area contributed by atoms with Gasteiger partial charge in [0.1, 0.15) is 13.2 Å². The normalized spacial score (nSPS) is 13.6. The van der Waals surface area contributed by atoms with E-state index >= 15 is 0 Å². The van der Waals surface area contributed by atoms with Gasteiger partial charge in [0.2, 0.25) is 5.75 Å². The number of benzene rings is 2. The fourth-order valence-corrected chi connectivity index (χ4v) is 2.90. The van der Waals surface area contributed by atoms with Crippen LogP contribution in [-0.4, -0.2) is 43.1 Å². The van der Waals surface area contributed by atoms with Crippen LogP contribution in [0.15, 0.2) is 36.4 Å². The average molecular weight is 372 g/mol. The average Bonchev–Trinajstić information content (AvgIpc) is 2.71. The molecule has 1 amide bonds. The van der Waals surface area contributed by atoms with Gasteiger partial charge in [-0.1, -0.05) is 12.1 Å². The van der Waals surface area contributed by atoms with Crippen molar-refractivity contribution >= 4 is 11.6 Å². The van der Waals surface area contributed by atoms with Gasteiger partial charge in [0.25, 0.3) is 11.6 Å². The molecule has 0 unspecified atom stereocenters. The highest BCUT2D eigenvalue weighted by atomic mass is 16.6. The molecule has 27 heavy (non-hydrogen) atoms. The van der Waals surface area contributed by atoms with Crippen LogP contribution in [0.5, 0.6) is 17.2 Å². The second-order valence-electron chi connectivity index (χ2n) is 6.15. The molecule has 0 radical (unpaired) electrons. The zero-order valence-electron chi connectivity index (χ0n) is 15.3. The molecule has 0 N–H and O–H groups in total. The van der Waals surface area contributed by atoms with E-state index in [0.717, 1.165) is 0 Å². The minimum absolute atomic E-state index is 0.0128. The van der Waals surface area contributed by atoms with Crippen molar-refractivity contribution in [1.82, 2.24) is 4.90 Å². The number of carbonyl (C=O) groups excluding carboxylic acids is 1. The maximum atomic E-state index is 13.0. The molecule has 0 saturated carbocycles. The number of hydrogen-bond acceptors (Lipinski definition) is 6. The lowest BCUT2D eigenvalue weighted by molar-refractivity contribution is -0.384. The number of methoxy groups -OCH3 is 1. The number of fused-ring (bicyclic) bond motifs is 1. The van der Waals surface area contributed by atoms with Crippen molar-refractivity contribution in [3.8, 4) is 17.2 Å². The Morgan fingerprint density at radius 3 is 2.70 bits per heavy atom. The Morgan fingerprint density at radius 2 is 2.00 bits per heavy atom. The van der Waals surface area contributed by atoms with E-state index in [4.69, 9.17) is 14.2 Å². The van der Waals surface area contributed by atoms with Gasteiger partial charge in [0.05, 0.1) is 18.1 Å². The van der Waals surface area contributed by atoms with Crippen molar-refractivity contribution in [2.75, 3.05) is 27.4 Å². The zero-order chi connectivity index (χ0) is 19.6. The number of ether oxygens (including phenoxy) is 3. The molecule has 0 aliphatic carbocycles. The molecule has 8 heteroatoms. The minimum atomic E-state index is -0.455. The predicted molar refractivity (Wildman–Crippen MR) is 97.6 cm³/mol. The van der Waals surface area contributed by atoms with Crippen molar-refractivity contribution in [3.63, 3.8) is 0 Å². The van der Waals surface area contributed by atoms with E-state index in [1.54, 1.807) is 31.3 Å². The van der Waals surface area contributed by atoms with Gasteiger partial charge in [-0.05, 0) is 24.6 Å². The van der Waals surface area contributed by atoms with Crippen LogP contribution in [0.3, 0.4) is 0 Å². The Bertz CT molecular complexity index is 865. The third-order valence-corrected chi connectivity index (χ3v) is 4.54. The summed E-state index contributed by atoms with van der Waals surface area (Å²) in [6.07, 6.45) is 0. The van der Waals surface area contributed by atoms with Gasteiger partial charge in [-0.25, -0.2) is 0 Å². The van der Waals surface area contributed by atoms with E-state index < -0.39 is 4.92 Å². The molecular weight excluding hydrogens is 352 g/mol. The SMILES string of the molecule is COc1cc(C(=O)N(C)[C@@H](C)c2cccc([N+](=O)[O-])c2)cc2c1OCCO2. The van der Waals surface area contributed by atoms with Gasteiger partial charge >= 0.3 is 0 Å². The summed E-state index contributed by atoms with van der Waals surface area (Å²) in [6, 6.07) is 9.11. The van der Waals surface area contributed by atoms with Gasteiger partial charge in [-0.15, -0.1) is 0 Å². The summed E-state index contributed by atoms with van der Waals surface area (Å²) in [5, 5.41) is 11.0. The molecule has 2 aromatic carbocycles. The van der Waals surface area contributed by atoms with Crippen LogP contribution in [-0.2, 0) is 0 Å². The summed E-state index contributed by atoms with van der Waals surface area (Å²) in [5.74, 6) is 1.10. The van der Waals surface area contributed by atoms with E-state index in [0.29, 0.717) is 41.6 Å². The quantitative estimate of drug-likeness (QED) is 0.591. The largest absolute Gasteiger partial charge is 0.493 e. The lowest BCUT2D eigenvalue weighted by Gasteiger charge is -2.27. The molecule has 0 fully saturated rings. The fraction of sp³-hybridized carbons (Fsp3) is 0.316. The zero-order valence-corrected chi connectivity index (χ0v) is 15.3. The van der Waals surface area contributed by atoms with E-state index in [1.807, 2.05) is 6.92 Å². The molecule has 0 spiro atoms. The first kappa shape index (κ1) is 18.5. The molecular formula is C19H20N2O6. The Morgan fingerprint density at radius 1 is 1.26 bits per heavy atom. The Balaban J connectivity index is 1.89. The van der Waals surface area contributed by atoms with Crippen LogP contribution >= 0.6 is 0 Å². The molecule has 1 heterocycles. The first-order valence-corrected chi connectivity index (χ1v) is 8.41. The number of nitro benzene ring substituents is 1. The third kappa shape index (κ3) is 3.64. The molecule has 142 valence electrons. The highest BCUT2D eigenvalue weighted by Gasteiger charge is 2.25. The summed E-state index contributed by atoms with van der Waals surface area (Å²) in [5.41, 5.74) is 1.04. The van der Waals surface area contributed by atoms with Crippen molar-refractivity contribution in [3.05, 3.63) is 57.6 Å². The molecule has 0 bridgehead atoms. The predicted octanol–water partition coefficient (Wildman–Crippen LogP) is 3.21. The standard InChI is InChI=1S/C19H20N2O6/c1-12(13-5-4-6-15(9-13)21(23)24)20(2)19(22)14-10-16(25-3)18-17(11-14)26-7-8-27-18/h4-6,9-12H,7-8H2,1-3H3/t12-/m0/s1. The molecule has 0 aromatic heterocycles. The summed E-state index contributed by atoms with van der Waals surface area (Å²) < 4.78 is 16.4. The smallest absolute Gasteiger partial charge is 0.269 e. The van der Waals surface area contributed by atoms with E-state index in [1.165, 1.54) is 24.1 Å². The highest BCUT2D eigenvalue weighted by Crippen LogP contribution is 2.41.